The number of fused-ring (bicyclic) bond motifs is 2. The Morgan fingerprint density at radius 2 is 1.98 bits per heavy atom. The van der Waals surface area contributed by atoms with E-state index >= 15 is 8.78 Å². The molecule has 0 unspecified atom stereocenters. The van der Waals surface area contributed by atoms with Crippen molar-refractivity contribution in [2.75, 3.05) is 13.2 Å². The van der Waals surface area contributed by atoms with Gasteiger partial charge < -0.3 is 19.2 Å². The zero-order valence-corrected chi connectivity index (χ0v) is 23.8. The SMILES string of the molecule is CCOC(=O)CCc1cccc2c1OCC[C@]2(C)c1nc(-c2cc(Oc3c(F)cc4[nH]ccc4c3F)ccc2F)n(C)n1. The summed E-state index contributed by atoms with van der Waals surface area (Å²) < 4.78 is 63.1. The molecule has 0 saturated carbocycles. The van der Waals surface area contributed by atoms with E-state index in [9.17, 15) is 9.18 Å². The normalized spacial score (nSPS) is 16.1. The molecule has 3 aromatic carbocycles. The highest BCUT2D eigenvalue weighted by Crippen LogP contribution is 2.45. The summed E-state index contributed by atoms with van der Waals surface area (Å²) in [6.45, 7) is 4.49. The first-order chi connectivity index (χ1) is 20.7. The summed E-state index contributed by atoms with van der Waals surface area (Å²) in [5.41, 5.74) is 1.41. The van der Waals surface area contributed by atoms with Crippen LogP contribution in [-0.4, -0.2) is 38.9 Å². The Balaban J connectivity index is 1.33. The molecule has 6 rings (SSSR count). The monoisotopic (exact) mass is 590 g/mol. The average Bonchev–Trinajstić information content (AvgIpc) is 3.62. The molecule has 0 radical (unpaired) electrons. The van der Waals surface area contributed by atoms with Gasteiger partial charge in [-0.05, 0) is 56.5 Å². The van der Waals surface area contributed by atoms with Crippen LogP contribution in [0.15, 0.2) is 54.7 Å². The van der Waals surface area contributed by atoms with Crippen LogP contribution in [0.3, 0.4) is 0 Å². The van der Waals surface area contributed by atoms with E-state index in [1.165, 1.54) is 29.1 Å². The highest BCUT2D eigenvalue weighted by molar-refractivity contribution is 5.82. The number of halogens is 3. The Bertz CT molecular complexity index is 1850. The summed E-state index contributed by atoms with van der Waals surface area (Å²) in [4.78, 5) is 19.5. The van der Waals surface area contributed by atoms with E-state index in [2.05, 4.69) is 10.1 Å². The molecule has 1 atom stereocenters. The lowest BCUT2D eigenvalue weighted by Gasteiger charge is -2.34. The van der Waals surface area contributed by atoms with Gasteiger partial charge in [-0.3, -0.25) is 4.79 Å². The first-order valence-corrected chi connectivity index (χ1v) is 13.9. The number of nitrogens with one attached hydrogen (secondary N) is 1. The Labute approximate surface area is 245 Å². The molecule has 5 aromatic rings. The number of aromatic nitrogens is 4. The van der Waals surface area contributed by atoms with Crippen LogP contribution in [0.2, 0.25) is 0 Å². The van der Waals surface area contributed by atoms with Gasteiger partial charge in [0.2, 0.25) is 0 Å². The van der Waals surface area contributed by atoms with Crippen LogP contribution >= 0.6 is 0 Å². The van der Waals surface area contributed by atoms with E-state index < -0.39 is 28.6 Å². The molecule has 1 N–H and O–H groups in total. The Kier molecular flexibility index (Phi) is 7.33. The number of hydrogen-bond donors (Lipinski definition) is 1. The molecule has 2 aromatic heterocycles. The minimum absolute atomic E-state index is 0.0301. The Morgan fingerprint density at radius 3 is 2.79 bits per heavy atom. The molecule has 0 fully saturated rings. The van der Waals surface area contributed by atoms with Gasteiger partial charge in [-0.15, -0.1) is 0 Å². The zero-order valence-electron chi connectivity index (χ0n) is 23.8. The molecule has 0 bridgehead atoms. The van der Waals surface area contributed by atoms with E-state index in [4.69, 9.17) is 19.2 Å². The summed E-state index contributed by atoms with van der Waals surface area (Å²) in [6.07, 6.45) is 2.74. The van der Waals surface area contributed by atoms with Gasteiger partial charge in [0.1, 0.15) is 17.3 Å². The molecule has 0 spiro atoms. The first-order valence-electron chi connectivity index (χ1n) is 13.9. The molecule has 43 heavy (non-hydrogen) atoms. The van der Waals surface area contributed by atoms with Crippen molar-refractivity contribution in [1.82, 2.24) is 19.7 Å². The zero-order chi connectivity index (χ0) is 30.3. The molecule has 3 heterocycles. The number of aromatic amines is 1. The van der Waals surface area contributed by atoms with Crippen LogP contribution in [0.25, 0.3) is 22.3 Å². The van der Waals surface area contributed by atoms with Gasteiger partial charge in [0, 0.05) is 36.7 Å². The van der Waals surface area contributed by atoms with E-state index in [0.29, 0.717) is 43.1 Å². The van der Waals surface area contributed by atoms with Crippen molar-refractivity contribution in [3.05, 3.63) is 89.1 Å². The summed E-state index contributed by atoms with van der Waals surface area (Å²) >= 11 is 0. The minimum Gasteiger partial charge on any atom is -0.493 e. The van der Waals surface area contributed by atoms with E-state index in [0.717, 1.165) is 23.3 Å². The third-order valence-electron chi connectivity index (χ3n) is 7.80. The van der Waals surface area contributed by atoms with Crippen molar-refractivity contribution in [3.8, 4) is 28.6 Å². The Hall–Kier alpha value is -4.80. The predicted molar refractivity (Wildman–Crippen MR) is 153 cm³/mol. The van der Waals surface area contributed by atoms with Gasteiger partial charge in [0.25, 0.3) is 0 Å². The predicted octanol–water partition coefficient (Wildman–Crippen LogP) is 6.76. The number of benzene rings is 3. The van der Waals surface area contributed by atoms with Crippen molar-refractivity contribution >= 4 is 16.9 Å². The second kappa shape index (κ2) is 11.1. The molecule has 0 saturated heterocycles. The van der Waals surface area contributed by atoms with E-state index in [1.54, 1.807) is 14.0 Å². The lowest BCUT2D eigenvalue weighted by atomic mass is 9.76. The first kappa shape index (κ1) is 28.3. The quantitative estimate of drug-likeness (QED) is 0.201. The summed E-state index contributed by atoms with van der Waals surface area (Å²) in [6, 6.07) is 12.2. The second-order valence-electron chi connectivity index (χ2n) is 10.6. The second-order valence-corrected chi connectivity index (χ2v) is 10.6. The van der Waals surface area contributed by atoms with Crippen LogP contribution in [0.4, 0.5) is 13.2 Å². The van der Waals surface area contributed by atoms with Crippen molar-refractivity contribution in [2.24, 2.45) is 7.05 Å². The standard InChI is InChI=1S/C32H29F3N4O4/c1-4-41-26(40)11-8-18-6-5-7-22-28(18)42-15-13-32(22,2)31-37-30(39(3)38-31)21-16-19(9-10-23(21)33)43-29-24(34)17-25-20(27(29)35)12-14-36-25/h5-7,9-10,12,14,16-17,36H,4,8,11,13,15H2,1-3H3/t32-/m0/s1. The fraction of sp³-hybridized carbons (Fsp3) is 0.281. The van der Waals surface area contributed by atoms with Crippen molar-refractivity contribution < 1.29 is 32.2 Å². The topological polar surface area (TPSA) is 91.3 Å². The maximum absolute atomic E-state index is 15.2. The summed E-state index contributed by atoms with van der Waals surface area (Å²) in [5, 5.41) is 4.84. The molecular weight excluding hydrogens is 561 g/mol. The number of esters is 1. The number of carbonyl (C=O) groups excluding carboxylic acids is 1. The van der Waals surface area contributed by atoms with Crippen LogP contribution in [0.1, 0.15) is 43.6 Å². The number of aryl methyl sites for hydroxylation is 2. The third-order valence-corrected chi connectivity index (χ3v) is 7.80. The number of carbonyl (C=O) groups is 1. The molecule has 1 aliphatic rings. The molecular formula is C32H29F3N4O4. The number of para-hydroxylation sites is 1. The number of ether oxygens (including phenoxy) is 3. The fourth-order valence-electron chi connectivity index (χ4n) is 5.50. The largest absolute Gasteiger partial charge is 0.493 e. The van der Waals surface area contributed by atoms with Crippen molar-refractivity contribution in [3.63, 3.8) is 0 Å². The maximum Gasteiger partial charge on any atom is 0.306 e. The van der Waals surface area contributed by atoms with Crippen LogP contribution in [-0.2, 0) is 28.4 Å². The van der Waals surface area contributed by atoms with Crippen LogP contribution in [0.5, 0.6) is 17.2 Å². The van der Waals surface area contributed by atoms with Crippen molar-refractivity contribution in [2.45, 2.75) is 38.5 Å². The lowest BCUT2D eigenvalue weighted by Crippen LogP contribution is -2.33. The van der Waals surface area contributed by atoms with Gasteiger partial charge >= 0.3 is 5.97 Å². The van der Waals surface area contributed by atoms with Crippen LogP contribution < -0.4 is 9.47 Å². The average molecular weight is 591 g/mol. The van der Waals surface area contributed by atoms with Gasteiger partial charge in [-0.1, -0.05) is 18.2 Å². The smallest absolute Gasteiger partial charge is 0.306 e. The lowest BCUT2D eigenvalue weighted by molar-refractivity contribution is -0.143. The summed E-state index contributed by atoms with van der Waals surface area (Å²) in [7, 11) is 1.65. The number of hydrogen-bond acceptors (Lipinski definition) is 6. The molecule has 8 nitrogen and oxygen atoms in total. The molecule has 0 amide bonds. The van der Waals surface area contributed by atoms with Gasteiger partial charge in [0.15, 0.2) is 29.0 Å². The van der Waals surface area contributed by atoms with Crippen LogP contribution in [0, 0.1) is 17.5 Å². The molecule has 11 heteroatoms. The highest BCUT2D eigenvalue weighted by Gasteiger charge is 2.40. The minimum atomic E-state index is -0.896. The van der Waals surface area contributed by atoms with Gasteiger partial charge in [-0.25, -0.2) is 22.8 Å². The highest BCUT2D eigenvalue weighted by atomic mass is 19.1. The number of rotatable bonds is 8. The van der Waals surface area contributed by atoms with Gasteiger partial charge in [0.05, 0.1) is 29.7 Å². The molecule has 0 aliphatic carbocycles. The fourth-order valence-corrected chi connectivity index (χ4v) is 5.50. The van der Waals surface area contributed by atoms with Crippen molar-refractivity contribution in [1.29, 1.82) is 0 Å². The van der Waals surface area contributed by atoms with Gasteiger partial charge in [-0.2, -0.15) is 5.10 Å². The number of nitrogens with zero attached hydrogens (tertiary/aromatic N) is 3. The Morgan fingerprint density at radius 1 is 1.14 bits per heavy atom. The molecule has 222 valence electrons. The van der Waals surface area contributed by atoms with E-state index in [1.807, 2.05) is 25.1 Å². The summed E-state index contributed by atoms with van der Waals surface area (Å²) in [5.74, 6) is -1.85. The maximum atomic E-state index is 15.2. The number of H-pyrrole nitrogens is 1. The molecule has 1 aliphatic heterocycles. The van der Waals surface area contributed by atoms with E-state index in [-0.39, 0.29) is 34.9 Å². The third kappa shape index (κ3) is 5.09.